The summed E-state index contributed by atoms with van der Waals surface area (Å²) < 4.78 is 0. The van der Waals surface area contributed by atoms with Crippen molar-refractivity contribution in [2.45, 2.75) is 38.3 Å². The van der Waals surface area contributed by atoms with Crippen LogP contribution in [0.2, 0.25) is 0 Å². The van der Waals surface area contributed by atoms with Crippen molar-refractivity contribution in [3.05, 3.63) is 48.3 Å². The summed E-state index contributed by atoms with van der Waals surface area (Å²) in [4.78, 5) is 23.0. The molecular formula is C18H21N3O2. The Kier molecular flexibility index (Phi) is 4.13. The van der Waals surface area contributed by atoms with Crippen LogP contribution in [0.5, 0.6) is 0 Å². The molecule has 1 aromatic heterocycles. The Hall–Kier alpha value is -2.27. The van der Waals surface area contributed by atoms with Gasteiger partial charge >= 0.3 is 0 Å². The second-order valence-corrected chi connectivity index (χ2v) is 6.47. The van der Waals surface area contributed by atoms with Gasteiger partial charge in [-0.05, 0) is 26.7 Å². The van der Waals surface area contributed by atoms with Gasteiger partial charge in [-0.1, -0.05) is 30.3 Å². The molecule has 1 unspecified atom stereocenters. The third-order valence-corrected chi connectivity index (χ3v) is 4.26. The van der Waals surface area contributed by atoms with Gasteiger partial charge in [0.1, 0.15) is 0 Å². The SMILES string of the molecule is CC(C)(O)C1CCCN1C(=O)c1cnc(-c2ccccc2)nc1. The van der Waals surface area contributed by atoms with Gasteiger partial charge in [-0.2, -0.15) is 0 Å². The number of nitrogens with zero attached hydrogens (tertiary/aromatic N) is 3. The van der Waals surface area contributed by atoms with Crippen LogP contribution in [0.15, 0.2) is 42.7 Å². The molecule has 0 spiro atoms. The van der Waals surface area contributed by atoms with Crippen LogP contribution in [0.1, 0.15) is 37.0 Å². The second-order valence-electron chi connectivity index (χ2n) is 6.47. The Bertz CT molecular complexity index is 678. The van der Waals surface area contributed by atoms with Crippen molar-refractivity contribution < 1.29 is 9.90 Å². The molecule has 1 amide bonds. The predicted molar refractivity (Wildman–Crippen MR) is 87.8 cm³/mol. The highest BCUT2D eigenvalue weighted by Gasteiger charge is 2.38. The van der Waals surface area contributed by atoms with E-state index in [0.717, 1.165) is 18.4 Å². The van der Waals surface area contributed by atoms with Crippen LogP contribution in [-0.2, 0) is 0 Å². The molecule has 0 saturated carbocycles. The summed E-state index contributed by atoms with van der Waals surface area (Å²) in [5, 5.41) is 10.3. The number of carbonyl (C=O) groups is 1. The van der Waals surface area contributed by atoms with Crippen molar-refractivity contribution in [3.63, 3.8) is 0 Å². The monoisotopic (exact) mass is 311 g/mol. The highest BCUT2D eigenvalue weighted by Crippen LogP contribution is 2.28. The minimum atomic E-state index is -0.906. The molecule has 2 heterocycles. The van der Waals surface area contributed by atoms with Gasteiger partial charge in [-0.3, -0.25) is 4.79 Å². The van der Waals surface area contributed by atoms with Gasteiger partial charge in [0.25, 0.3) is 5.91 Å². The van der Waals surface area contributed by atoms with Crippen molar-refractivity contribution in [1.29, 1.82) is 0 Å². The van der Waals surface area contributed by atoms with Crippen LogP contribution in [0.3, 0.4) is 0 Å². The Morgan fingerprint density at radius 1 is 1.22 bits per heavy atom. The molecule has 1 fully saturated rings. The fraction of sp³-hybridized carbons (Fsp3) is 0.389. The molecule has 0 bridgehead atoms. The van der Waals surface area contributed by atoms with Crippen LogP contribution >= 0.6 is 0 Å². The quantitative estimate of drug-likeness (QED) is 0.946. The number of aromatic nitrogens is 2. The fourth-order valence-corrected chi connectivity index (χ4v) is 3.08. The first-order chi connectivity index (χ1) is 11.0. The number of hydrogen-bond donors (Lipinski definition) is 1. The van der Waals surface area contributed by atoms with Crippen molar-refractivity contribution in [1.82, 2.24) is 14.9 Å². The van der Waals surface area contributed by atoms with Crippen LogP contribution in [0.25, 0.3) is 11.4 Å². The summed E-state index contributed by atoms with van der Waals surface area (Å²) in [6.07, 6.45) is 4.86. The summed E-state index contributed by atoms with van der Waals surface area (Å²) in [6, 6.07) is 9.49. The number of hydrogen-bond acceptors (Lipinski definition) is 4. The number of likely N-dealkylation sites (tertiary alicyclic amines) is 1. The summed E-state index contributed by atoms with van der Waals surface area (Å²) in [7, 11) is 0. The molecule has 23 heavy (non-hydrogen) atoms. The molecule has 5 heteroatoms. The van der Waals surface area contributed by atoms with E-state index in [1.807, 2.05) is 30.3 Å². The molecule has 0 aliphatic carbocycles. The zero-order chi connectivity index (χ0) is 16.4. The summed E-state index contributed by atoms with van der Waals surface area (Å²) in [5.41, 5.74) is 0.472. The largest absolute Gasteiger partial charge is 0.388 e. The van der Waals surface area contributed by atoms with Crippen LogP contribution in [0, 0.1) is 0 Å². The lowest BCUT2D eigenvalue weighted by Crippen LogP contribution is -2.48. The van der Waals surface area contributed by atoms with E-state index in [-0.39, 0.29) is 11.9 Å². The van der Waals surface area contributed by atoms with Gasteiger partial charge in [0.05, 0.1) is 17.2 Å². The zero-order valence-electron chi connectivity index (χ0n) is 13.4. The van der Waals surface area contributed by atoms with Crippen molar-refractivity contribution >= 4 is 5.91 Å². The van der Waals surface area contributed by atoms with Crippen molar-refractivity contribution in [2.75, 3.05) is 6.54 Å². The molecule has 0 radical (unpaired) electrons. The van der Waals surface area contributed by atoms with Gasteiger partial charge in [0, 0.05) is 24.5 Å². The van der Waals surface area contributed by atoms with Crippen LogP contribution in [-0.4, -0.2) is 44.1 Å². The number of benzene rings is 1. The highest BCUT2D eigenvalue weighted by atomic mass is 16.3. The average molecular weight is 311 g/mol. The topological polar surface area (TPSA) is 66.3 Å². The lowest BCUT2D eigenvalue weighted by Gasteiger charge is -2.33. The van der Waals surface area contributed by atoms with E-state index in [1.54, 1.807) is 31.1 Å². The van der Waals surface area contributed by atoms with E-state index in [2.05, 4.69) is 9.97 Å². The average Bonchev–Trinajstić information content (AvgIpc) is 3.05. The van der Waals surface area contributed by atoms with E-state index in [1.165, 1.54) is 0 Å². The Labute approximate surface area is 136 Å². The molecule has 120 valence electrons. The Morgan fingerprint density at radius 2 is 1.87 bits per heavy atom. The summed E-state index contributed by atoms with van der Waals surface area (Å²) >= 11 is 0. The lowest BCUT2D eigenvalue weighted by atomic mass is 9.96. The Morgan fingerprint density at radius 3 is 2.48 bits per heavy atom. The maximum atomic E-state index is 12.7. The van der Waals surface area contributed by atoms with Crippen molar-refractivity contribution in [3.8, 4) is 11.4 Å². The third kappa shape index (κ3) is 3.24. The normalized spacial score (nSPS) is 18.2. The minimum Gasteiger partial charge on any atom is -0.388 e. The standard InChI is InChI=1S/C18H21N3O2/c1-18(2,23)15-9-6-10-21(15)17(22)14-11-19-16(20-12-14)13-7-4-3-5-8-13/h3-5,7-8,11-12,15,23H,6,9-10H2,1-2H3. The minimum absolute atomic E-state index is 0.116. The molecule has 1 N–H and O–H groups in total. The maximum Gasteiger partial charge on any atom is 0.257 e. The molecule has 1 aliphatic heterocycles. The van der Waals surface area contributed by atoms with E-state index in [0.29, 0.717) is 17.9 Å². The number of aliphatic hydroxyl groups is 1. The van der Waals surface area contributed by atoms with Gasteiger partial charge in [-0.15, -0.1) is 0 Å². The van der Waals surface area contributed by atoms with E-state index in [9.17, 15) is 9.90 Å². The molecular weight excluding hydrogens is 290 g/mol. The first kappa shape index (κ1) is 15.6. The van der Waals surface area contributed by atoms with Gasteiger partial charge in [-0.25, -0.2) is 9.97 Å². The molecule has 2 aromatic rings. The fourth-order valence-electron chi connectivity index (χ4n) is 3.08. The van der Waals surface area contributed by atoms with Crippen LogP contribution < -0.4 is 0 Å². The Balaban J connectivity index is 1.81. The summed E-state index contributed by atoms with van der Waals surface area (Å²) in [5.74, 6) is 0.483. The molecule has 1 saturated heterocycles. The van der Waals surface area contributed by atoms with Gasteiger partial charge < -0.3 is 10.0 Å². The highest BCUT2D eigenvalue weighted by molar-refractivity contribution is 5.94. The van der Waals surface area contributed by atoms with Gasteiger partial charge in [0.2, 0.25) is 0 Å². The van der Waals surface area contributed by atoms with E-state index < -0.39 is 5.60 Å². The van der Waals surface area contributed by atoms with E-state index in [4.69, 9.17) is 0 Å². The first-order valence-corrected chi connectivity index (χ1v) is 7.87. The molecule has 5 nitrogen and oxygen atoms in total. The number of rotatable bonds is 3. The van der Waals surface area contributed by atoms with E-state index >= 15 is 0 Å². The zero-order valence-corrected chi connectivity index (χ0v) is 13.4. The van der Waals surface area contributed by atoms with Gasteiger partial charge in [0.15, 0.2) is 5.82 Å². The lowest BCUT2D eigenvalue weighted by molar-refractivity contribution is 0.000302. The van der Waals surface area contributed by atoms with Crippen molar-refractivity contribution in [2.24, 2.45) is 0 Å². The summed E-state index contributed by atoms with van der Waals surface area (Å²) in [6.45, 7) is 4.16. The predicted octanol–water partition coefficient (Wildman–Crippen LogP) is 2.52. The van der Waals surface area contributed by atoms with Crippen LogP contribution in [0.4, 0.5) is 0 Å². The molecule has 1 atom stereocenters. The molecule has 1 aliphatic rings. The first-order valence-electron chi connectivity index (χ1n) is 7.87. The molecule has 3 rings (SSSR count). The smallest absolute Gasteiger partial charge is 0.257 e. The third-order valence-electron chi connectivity index (χ3n) is 4.26. The number of amides is 1. The number of carbonyl (C=O) groups excluding carboxylic acids is 1. The maximum absolute atomic E-state index is 12.7. The molecule has 1 aromatic carbocycles. The second kappa shape index (κ2) is 6.08.